The third-order valence-corrected chi connectivity index (χ3v) is 2.95. The fourth-order valence-corrected chi connectivity index (χ4v) is 1.87. The van der Waals surface area contributed by atoms with E-state index in [1.165, 1.54) is 0 Å². The monoisotopic (exact) mass is 288 g/mol. The molecule has 0 heterocycles. The van der Waals surface area contributed by atoms with Crippen molar-refractivity contribution in [2.45, 2.75) is 0 Å². The van der Waals surface area contributed by atoms with Crippen molar-refractivity contribution >= 4 is 29.1 Å². The maximum Gasteiger partial charge on any atom is 0.255 e. The van der Waals surface area contributed by atoms with Gasteiger partial charge in [0.05, 0.1) is 0 Å². The normalized spacial score (nSPS) is 9.90. The van der Waals surface area contributed by atoms with Gasteiger partial charge in [0, 0.05) is 28.9 Å². The summed E-state index contributed by atoms with van der Waals surface area (Å²) in [6.45, 7) is 0. The lowest BCUT2D eigenvalue weighted by atomic mass is 10.1. The van der Waals surface area contributed by atoms with Gasteiger partial charge in [0.2, 0.25) is 0 Å². The number of carbonyl (C=O) groups is 2. The molecule has 0 aliphatic carbocycles. The molecular weight excluding hydrogens is 276 g/mol. The van der Waals surface area contributed by atoms with Crippen molar-refractivity contribution in [3.8, 4) is 0 Å². The first-order chi connectivity index (χ1) is 9.60. The molecule has 0 radical (unpaired) electrons. The van der Waals surface area contributed by atoms with Crippen LogP contribution in [0.4, 0.5) is 5.69 Å². The molecule has 0 aromatic heterocycles. The summed E-state index contributed by atoms with van der Waals surface area (Å²) in [4.78, 5) is 23.4. The lowest BCUT2D eigenvalue weighted by Gasteiger charge is -2.06. The van der Waals surface area contributed by atoms with Crippen LogP contribution in [0.1, 0.15) is 20.7 Å². The molecular formula is C15H13ClN2O2. The van der Waals surface area contributed by atoms with Crippen LogP contribution in [0.25, 0.3) is 0 Å². The van der Waals surface area contributed by atoms with Crippen LogP contribution in [0.3, 0.4) is 0 Å². The quantitative estimate of drug-likeness (QED) is 0.912. The van der Waals surface area contributed by atoms with Gasteiger partial charge in [0.1, 0.15) is 0 Å². The van der Waals surface area contributed by atoms with Gasteiger partial charge in [-0.05, 0) is 42.5 Å². The summed E-state index contributed by atoms with van der Waals surface area (Å²) in [6, 6.07) is 13.3. The minimum absolute atomic E-state index is 0.169. The van der Waals surface area contributed by atoms with E-state index in [0.717, 1.165) is 0 Å². The summed E-state index contributed by atoms with van der Waals surface area (Å²) in [5, 5.41) is 5.78. The summed E-state index contributed by atoms with van der Waals surface area (Å²) >= 11 is 5.84. The standard InChI is InChI=1S/C15H13ClN2O2/c1-17-14(19)10-5-7-13(8-6-10)18-15(20)11-3-2-4-12(16)9-11/h2-9H,1H3,(H,17,19)(H,18,20). The second-order valence-corrected chi connectivity index (χ2v) is 4.56. The summed E-state index contributed by atoms with van der Waals surface area (Å²) in [7, 11) is 1.57. The summed E-state index contributed by atoms with van der Waals surface area (Å²) in [5.74, 6) is -0.419. The lowest BCUT2D eigenvalue weighted by molar-refractivity contribution is 0.0962. The van der Waals surface area contributed by atoms with E-state index < -0.39 is 0 Å². The number of hydrogen-bond acceptors (Lipinski definition) is 2. The fourth-order valence-electron chi connectivity index (χ4n) is 1.68. The number of nitrogens with one attached hydrogen (secondary N) is 2. The Bertz CT molecular complexity index is 639. The summed E-state index contributed by atoms with van der Waals surface area (Å²) in [5.41, 5.74) is 1.63. The molecule has 2 amide bonds. The highest BCUT2D eigenvalue weighted by Crippen LogP contribution is 2.14. The Hall–Kier alpha value is -2.33. The predicted octanol–water partition coefficient (Wildman–Crippen LogP) is 2.95. The van der Waals surface area contributed by atoms with Crippen molar-refractivity contribution in [3.05, 3.63) is 64.7 Å². The molecule has 0 spiro atoms. The molecule has 0 saturated heterocycles. The molecule has 0 atom stereocenters. The molecule has 102 valence electrons. The first kappa shape index (κ1) is 14.1. The molecule has 0 fully saturated rings. The minimum atomic E-state index is -0.250. The van der Waals surface area contributed by atoms with Crippen molar-refractivity contribution < 1.29 is 9.59 Å². The van der Waals surface area contributed by atoms with E-state index in [1.54, 1.807) is 55.6 Å². The zero-order valence-corrected chi connectivity index (χ0v) is 11.6. The molecule has 5 heteroatoms. The number of benzene rings is 2. The maximum absolute atomic E-state index is 12.0. The second-order valence-electron chi connectivity index (χ2n) is 4.12. The van der Waals surface area contributed by atoms with Gasteiger partial charge in [0.15, 0.2) is 0 Å². The van der Waals surface area contributed by atoms with E-state index in [-0.39, 0.29) is 11.8 Å². The molecule has 2 aromatic carbocycles. The Balaban J connectivity index is 2.10. The van der Waals surface area contributed by atoms with E-state index in [1.807, 2.05) is 0 Å². The molecule has 20 heavy (non-hydrogen) atoms. The third kappa shape index (κ3) is 3.36. The molecule has 2 aromatic rings. The van der Waals surface area contributed by atoms with Crippen LogP contribution in [-0.4, -0.2) is 18.9 Å². The van der Waals surface area contributed by atoms with Gasteiger partial charge in [-0.25, -0.2) is 0 Å². The summed E-state index contributed by atoms with van der Waals surface area (Å²) < 4.78 is 0. The van der Waals surface area contributed by atoms with Crippen LogP contribution in [0.5, 0.6) is 0 Å². The van der Waals surface area contributed by atoms with Crippen LogP contribution in [0, 0.1) is 0 Å². The molecule has 0 unspecified atom stereocenters. The van der Waals surface area contributed by atoms with Crippen molar-refractivity contribution in [1.29, 1.82) is 0 Å². The Kier molecular flexibility index (Phi) is 4.38. The smallest absolute Gasteiger partial charge is 0.255 e. The van der Waals surface area contributed by atoms with E-state index >= 15 is 0 Å². The topological polar surface area (TPSA) is 58.2 Å². The van der Waals surface area contributed by atoms with Gasteiger partial charge < -0.3 is 10.6 Å². The highest BCUT2D eigenvalue weighted by atomic mass is 35.5. The minimum Gasteiger partial charge on any atom is -0.355 e. The highest BCUT2D eigenvalue weighted by molar-refractivity contribution is 6.31. The van der Waals surface area contributed by atoms with Gasteiger partial charge >= 0.3 is 0 Å². The third-order valence-electron chi connectivity index (χ3n) is 2.72. The molecule has 0 aliphatic heterocycles. The second kappa shape index (κ2) is 6.21. The lowest BCUT2D eigenvalue weighted by Crippen LogP contribution is -2.17. The van der Waals surface area contributed by atoms with E-state index in [2.05, 4.69) is 10.6 Å². The van der Waals surface area contributed by atoms with Gasteiger partial charge in [-0.2, -0.15) is 0 Å². The molecule has 4 nitrogen and oxygen atoms in total. The predicted molar refractivity (Wildman–Crippen MR) is 79.2 cm³/mol. The first-order valence-electron chi connectivity index (χ1n) is 5.99. The largest absolute Gasteiger partial charge is 0.355 e. The van der Waals surface area contributed by atoms with Crippen molar-refractivity contribution in [1.82, 2.24) is 5.32 Å². The van der Waals surface area contributed by atoms with Crippen LogP contribution in [0.15, 0.2) is 48.5 Å². The van der Waals surface area contributed by atoms with Gasteiger partial charge in [-0.15, -0.1) is 0 Å². The van der Waals surface area contributed by atoms with Gasteiger partial charge in [-0.1, -0.05) is 17.7 Å². The van der Waals surface area contributed by atoms with Crippen LogP contribution < -0.4 is 10.6 Å². The van der Waals surface area contributed by atoms with E-state index in [9.17, 15) is 9.59 Å². The number of rotatable bonds is 3. The number of anilines is 1. The SMILES string of the molecule is CNC(=O)c1ccc(NC(=O)c2cccc(Cl)c2)cc1. The first-order valence-corrected chi connectivity index (χ1v) is 6.37. The van der Waals surface area contributed by atoms with Crippen molar-refractivity contribution in [2.75, 3.05) is 12.4 Å². The van der Waals surface area contributed by atoms with Gasteiger partial charge in [-0.3, -0.25) is 9.59 Å². The Labute approximate surface area is 121 Å². The van der Waals surface area contributed by atoms with Crippen LogP contribution >= 0.6 is 11.6 Å². The summed E-state index contributed by atoms with van der Waals surface area (Å²) in [6.07, 6.45) is 0. The van der Waals surface area contributed by atoms with Crippen molar-refractivity contribution in [2.24, 2.45) is 0 Å². The zero-order valence-electron chi connectivity index (χ0n) is 10.8. The number of hydrogen-bond donors (Lipinski definition) is 2. The van der Waals surface area contributed by atoms with E-state index in [0.29, 0.717) is 21.8 Å². The maximum atomic E-state index is 12.0. The molecule has 2 N–H and O–H groups in total. The van der Waals surface area contributed by atoms with Crippen LogP contribution in [-0.2, 0) is 0 Å². The number of halogens is 1. The molecule has 0 aliphatic rings. The molecule has 0 saturated carbocycles. The number of amides is 2. The molecule has 2 rings (SSSR count). The fraction of sp³-hybridized carbons (Fsp3) is 0.0667. The molecule has 0 bridgehead atoms. The zero-order chi connectivity index (χ0) is 14.5. The Morgan fingerprint density at radius 3 is 2.25 bits per heavy atom. The van der Waals surface area contributed by atoms with Crippen molar-refractivity contribution in [3.63, 3.8) is 0 Å². The van der Waals surface area contributed by atoms with E-state index in [4.69, 9.17) is 11.6 Å². The van der Waals surface area contributed by atoms with Gasteiger partial charge in [0.25, 0.3) is 11.8 Å². The number of carbonyl (C=O) groups excluding carboxylic acids is 2. The Morgan fingerprint density at radius 2 is 1.65 bits per heavy atom. The average molecular weight is 289 g/mol. The van der Waals surface area contributed by atoms with Crippen LogP contribution in [0.2, 0.25) is 5.02 Å². The Morgan fingerprint density at radius 1 is 0.950 bits per heavy atom. The average Bonchev–Trinajstić information content (AvgIpc) is 2.47. The highest BCUT2D eigenvalue weighted by Gasteiger charge is 2.07.